The summed E-state index contributed by atoms with van der Waals surface area (Å²) < 4.78 is 15.6. The van der Waals surface area contributed by atoms with Crippen molar-refractivity contribution in [3.63, 3.8) is 0 Å². The maximum Gasteiger partial charge on any atom is 0.164 e. The van der Waals surface area contributed by atoms with Gasteiger partial charge in [0.1, 0.15) is 18.0 Å². The molecule has 1 N–H and O–H groups in total. The molecule has 112 valence electrons. The Morgan fingerprint density at radius 3 is 2.86 bits per heavy atom. The maximum absolute atomic E-state index is 13.7. The molecule has 0 aliphatic carbocycles. The Balaban J connectivity index is 2.06. The summed E-state index contributed by atoms with van der Waals surface area (Å²) in [5.74, 6) is 0.403. The normalized spacial score (nSPS) is 10.9. The molecular weight excluding hydrogens is 271 g/mol. The van der Waals surface area contributed by atoms with E-state index >= 15 is 0 Å². The summed E-state index contributed by atoms with van der Waals surface area (Å²) >= 11 is 0. The first-order valence-corrected chi connectivity index (χ1v) is 6.91. The predicted octanol–water partition coefficient (Wildman–Crippen LogP) is 2.86. The average Bonchev–Trinajstić information content (AvgIpc) is 2.87. The molecule has 0 saturated carbocycles. The Labute approximate surface area is 123 Å². The second-order valence-electron chi connectivity index (χ2n) is 5.18. The van der Waals surface area contributed by atoms with E-state index in [1.54, 1.807) is 18.5 Å². The third kappa shape index (κ3) is 3.45. The number of rotatable bonds is 6. The van der Waals surface area contributed by atoms with Gasteiger partial charge in [0.25, 0.3) is 0 Å². The van der Waals surface area contributed by atoms with Gasteiger partial charge in [0.05, 0.1) is 5.56 Å². The summed E-state index contributed by atoms with van der Waals surface area (Å²) in [6.45, 7) is 6.67. The van der Waals surface area contributed by atoms with Gasteiger partial charge in [-0.2, -0.15) is 0 Å². The lowest BCUT2D eigenvalue weighted by atomic mass is 10.1. The first-order chi connectivity index (χ1) is 10.0. The molecular formula is C15H19FN4O. The Kier molecular flexibility index (Phi) is 4.67. The van der Waals surface area contributed by atoms with Gasteiger partial charge >= 0.3 is 0 Å². The van der Waals surface area contributed by atoms with Gasteiger partial charge < -0.3 is 9.88 Å². The summed E-state index contributed by atoms with van der Waals surface area (Å²) in [6, 6.07) is 4.58. The zero-order valence-electron chi connectivity index (χ0n) is 12.4. The molecule has 0 aliphatic heterocycles. The average molecular weight is 290 g/mol. The zero-order chi connectivity index (χ0) is 15.4. The molecule has 0 amide bonds. The molecule has 1 aromatic carbocycles. The molecule has 0 unspecified atom stereocenters. The van der Waals surface area contributed by atoms with Crippen molar-refractivity contribution >= 4 is 11.5 Å². The van der Waals surface area contributed by atoms with E-state index in [9.17, 15) is 9.18 Å². The molecule has 5 nitrogen and oxygen atoms in total. The van der Waals surface area contributed by atoms with Crippen LogP contribution in [-0.4, -0.2) is 27.1 Å². The van der Waals surface area contributed by atoms with Crippen molar-refractivity contribution in [2.45, 2.75) is 33.2 Å². The topological polar surface area (TPSA) is 59.8 Å². The van der Waals surface area contributed by atoms with Crippen molar-refractivity contribution in [2.24, 2.45) is 0 Å². The molecule has 0 bridgehead atoms. The first kappa shape index (κ1) is 15.2. The fourth-order valence-electron chi connectivity index (χ4n) is 2.22. The molecule has 1 aromatic heterocycles. The molecule has 0 fully saturated rings. The van der Waals surface area contributed by atoms with E-state index in [1.807, 2.05) is 18.4 Å². The van der Waals surface area contributed by atoms with Crippen LogP contribution < -0.4 is 5.32 Å². The monoisotopic (exact) mass is 290 g/mol. The van der Waals surface area contributed by atoms with Crippen LogP contribution >= 0.6 is 0 Å². The van der Waals surface area contributed by atoms with Crippen molar-refractivity contribution in [1.82, 2.24) is 14.8 Å². The zero-order valence-corrected chi connectivity index (χ0v) is 12.4. The third-order valence-corrected chi connectivity index (χ3v) is 3.20. The standard InChI is InChI=1S/C15H19FN4O/c1-10(2)15-19-18-9-20(15)8-7-17-13-6-4-5-12(16)14(13)11(3)21/h4-6,9-10,17H,7-8H2,1-3H3. The van der Waals surface area contributed by atoms with Crippen LogP contribution in [0.4, 0.5) is 10.1 Å². The number of hydrogen-bond acceptors (Lipinski definition) is 4. The van der Waals surface area contributed by atoms with Crippen LogP contribution in [0.1, 0.15) is 42.9 Å². The van der Waals surface area contributed by atoms with E-state index in [0.717, 1.165) is 5.82 Å². The molecule has 0 atom stereocenters. The smallest absolute Gasteiger partial charge is 0.164 e. The molecule has 0 radical (unpaired) electrons. The van der Waals surface area contributed by atoms with Crippen LogP contribution in [0.15, 0.2) is 24.5 Å². The van der Waals surface area contributed by atoms with E-state index in [4.69, 9.17) is 0 Å². The number of anilines is 1. The van der Waals surface area contributed by atoms with Gasteiger partial charge in [0.15, 0.2) is 5.78 Å². The maximum atomic E-state index is 13.7. The Morgan fingerprint density at radius 2 is 2.19 bits per heavy atom. The molecule has 2 rings (SSSR count). The van der Waals surface area contributed by atoms with Crippen LogP contribution in [0.3, 0.4) is 0 Å². The molecule has 21 heavy (non-hydrogen) atoms. The highest BCUT2D eigenvalue weighted by Gasteiger charge is 2.13. The number of ketones is 1. The number of Topliss-reactive ketones (excluding diaryl/α,β-unsaturated/α-hetero) is 1. The van der Waals surface area contributed by atoms with Gasteiger partial charge in [-0.1, -0.05) is 19.9 Å². The number of benzene rings is 1. The van der Waals surface area contributed by atoms with Crippen LogP contribution in [-0.2, 0) is 6.54 Å². The minimum atomic E-state index is -0.500. The van der Waals surface area contributed by atoms with Crippen molar-refractivity contribution < 1.29 is 9.18 Å². The minimum absolute atomic E-state index is 0.102. The number of hydrogen-bond donors (Lipinski definition) is 1. The lowest BCUT2D eigenvalue weighted by Crippen LogP contribution is -2.15. The molecule has 0 saturated heterocycles. The predicted molar refractivity (Wildman–Crippen MR) is 79.0 cm³/mol. The lowest BCUT2D eigenvalue weighted by molar-refractivity contribution is 0.101. The van der Waals surface area contributed by atoms with Crippen molar-refractivity contribution in [3.8, 4) is 0 Å². The van der Waals surface area contributed by atoms with Crippen LogP contribution in [0.2, 0.25) is 0 Å². The lowest BCUT2D eigenvalue weighted by Gasteiger charge is -2.13. The van der Waals surface area contributed by atoms with Crippen LogP contribution in [0.25, 0.3) is 0 Å². The SMILES string of the molecule is CC(=O)c1c(F)cccc1NCCn1cnnc1C(C)C. The second kappa shape index (κ2) is 6.47. The Bertz CT molecular complexity index is 636. The largest absolute Gasteiger partial charge is 0.383 e. The van der Waals surface area contributed by atoms with Crippen LogP contribution in [0.5, 0.6) is 0 Å². The number of nitrogens with one attached hydrogen (secondary N) is 1. The number of nitrogens with zero attached hydrogens (tertiary/aromatic N) is 3. The van der Waals surface area contributed by atoms with E-state index in [2.05, 4.69) is 15.5 Å². The number of carbonyl (C=O) groups is 1. The van der Waals surface area contributed by atoms with Gasteiger partial charge in [-0.05, 0) is 19.1 Å². The summed E-state index contributed by atoms with van der Waals surface area (Å²) in [7, 11) is 0. The third-order valence-electron chi connectivity index (χ3n) is 3.20. The molecule has 0 spiro atoms. The first-order valence-electron chi connectivity index (χ1n) is 6.91. The highest BCUT2D eigenvalue weighted by atomic mass is 19.1. The molecule has 1 heterocycles. The Hall–Kier alpha value is -2.24. The summed E-state index contributed by atoms with van der Waals surface area (Å²) in [5, 5.41) is 11.1. The van der Waals surface area contributed by atoms with E-state index < -0.39 is 5.82 Å². The summed E-state index contributed by atoms with van der Waals surface area (Å²) in [4.78, 5) is 11.5. The Morgan fingerprint density at radius 1 is 1.43 bits per heavy atom. The number of halogens is 1. The van der Waals surface area contributed by atoms with Crippen LogP contribution in [0, 0.1) is 5.82 Å². The highest BCUT2D eigenvalue weighted by Crippen LogP contribution is 2.19. The number of aromatic nitrogens is 3. The van der Waals surface area contributed by atoms with Crippen molar-refractivity contribution in [2.75, 3.05) is 11.9 Å². The summed E-state index contributed by atoms with van der Waals surface area (Å²) in [6.07, 6.45) is 1.68. The van der Waals surface area contributed by atoms with E-state index in [1.165, 1.54) is 13.0 Å². The fraction of sp³-hybridized carbons (Fsp3) is 0.400. The highest BCUT2D eigenvalue weighted by molar-refractivity contribution is 5.99. The van der Waals surface area contributed by atoms with Gasteiger partial charge in [-0.25, -0.2) is 4.39 Å². The summed E-state index contributed by atoms with van der Waals surface area (Å²) in [5.41, 5.74) is 0.618. The van der Waals surface area contributed by atoms with Gasteiger partial charge in [0.2, 0.25) is 0 Å². The minimum Gasteiger partial charge on any atom is -0.383 e. The molecule has 2 aromatic rings. The van der Waals surface area contributed by atoms with Gasteiger partial charge in [-0.15, -0.1) is 10.2 Å². The molecule has 6 heteroatoms. The van der Waals surface area contributed by atoms with Gasteiger partial charge in [-0.3, -0.25) is 4.79 Å². The number of carbonyl (C=O) groups excluding carboxylic acids is 1. The van der Waals surface area contributed by atoms with Crippen molar-refractivity contribution in [3.05, 3.63) is 41.7 Å². The van der Waals surface area contributed by atoms with Crippen molar-refractivity contribution in [1.29, 1.82) is 0 Å². The fourth-order valence-corrected chi connectivity index (χ4v) is 2.22. The quantitative estimate of drug-likeness (QED) is 0.831. The van der Waals surface area contributed by atoms with E-state index in [0.29, 0.717) is 18.8 Å². The van der Waals surface area contributed by atoms with Gasteiger partial charge in [0, 0.05) is 24.7 Å². The second-order valence-corrected chi connectivity index (χ2v) is 5.18. The molecule has 0 aliphatic rings. The van der Waals surface area contributed by atoms with E-state index in [-0.39, 0.29) is 17.3 Å².